The Hall–Kier alpha value is -1.40. The molecule has 84 valence electrons. The van der Waals surface area contributed by atoms with Crippen LogP contribution in [0.25, 0.3) is 0 Å². The Balaban J connectivity index is 0.00000196. The average Bonchev–Trinajstić information content (AvgIpc) is 2.14. The molecule has 0 heterocycles. The van der Waals surface area contributed by atoms with Crippen LogP contribution in [-0.4, -0.2) is 18.1 Å². The van der Waals surface area contributed by atoms with Crippen LogP contribution in [0.2, 0.25) is 0 Å². The molecule has 2 N–H and O–H groups in total. The molecular formula is C8H10ClFN2O3. The van der Waals surface area contributed by atoms with Crippen molar-refractivity contribution in [1.82, 2.24) is 0 Å². The predicted octanol–water partition coefficient (Wildman–Crippen LogP) is 1.49. The molecule has 0 aromatic heterocycles. The van der Waals surface area contributed by atoms with Gasteiger partial charge in [-0.25, -0.2) is 0 Å². The van der Waals surface area contributed by atoms with E-state index >= 15 is 0 Å². The number of hydrogen-bond acceptors (Lipinski definition) is 4. The van der Waals surface area contributed by atoms with Crippen LogP contribution in [0.1, 0.15) is 0 Å². The van der Waals surface area contributed by atoms with Crippen LogP contribution in [0.5, 0.6) is 5.75 Å². The van der Waals surface area contributed by atoms with Crippen LogP contribution < -0.4 is 10.5 Å². The van der Waals surface area contributed by atoms with Crippen molar-refractivity contribution in [3.63, 3.8) is 0 Å². The van der Waals surface area contributed by atoms with Crippen LogP contribution in [0, 0.1) is 15.9 Å². The molecule has 0 saturated heterocycles. The molecule has 0 spiro atoms. The van der Waals surface area contributed by atoms with Gasteiger partial charge in [-0.1, -0.05) is 0 Å². The molecule has 15 heavy (non-hydrogen) atoms. The number of nitrogens with zero attached hydrogens (tertiary/aromatic N) is 1. The van der Waals surface area contributed by atoms with Gasteiger partial charge in [0.2, 0.25) is 5.82 Å². The number of ether oxygens (including phenoxy) is 1. The third kappa shape index (κ3) is 3.69. The fourth-order valence-corrected chi connectivity index (χ4v) is 0.902. The number of nitrogens with two attached hydrogens (primary N) is 1. The molecule has 0 aliphatic carbocycles. The Labute approximate surface area is 91.6 Å². The van der Waals surface area contributed by atoms with Crippen molar-refractivity contribution in [3.8, 4) is 5.75 Å². The molecule has 1 rings (SSSR count). The van der Waals surface area contributed by atoms with E-state index in [0.717, 1.165) is 12.1 Å². The maximum Gasteiger partial charge on any atom is 0.305 e. The first-order valence-electron chi connectivity index (χ1n) is 3.92. The monoisotopic (exact) mass is 236 g/mol. The lowest BCUT2D eigenvalue weighted by Gasteiger charge is -2.03. The first-order valence-corrected chi connectivity index (χ1v) is 3.92. The summed E-state index contributed by atoms with van der Waals surface area (Å²) in [7, 11) is 0. The summed E-state index contributed by atoms with van der Waals surface area (Å²) in [6, 6.07) is 3.35. The number of nitro benzene ring substituents is 1. The van der Waals surface area contributed by atoms with Crippen molar-refractivity contribution in [2.45, 2.75) is 0 Å². The Morgan fingerprint density at radius 2 is 2.20 bits per heavy atom. The smallest absolute Gasteiger partial charge is 0.305 e. The van der Waals surface area contributed by atoms with Crippen molar-refractivity contribution in [2.24, 2.45) is 5.73 Å². The summed E-state index contributed by atoms with van der Waals surface area (Å²) in [5, 5.41) is 10.3. The molecule has 1 aromatic rings. The van der Waals surface area contributed by atoms with Gasteiger partial charge in [-0.2, -0.15) is 4.39 Å². The third-order valence-corrected chi connectivity index (χ3v) is 1.50. The van der Waals surface area contributed by atoms with Gasteiger partial charge >= 0.3 is 5.69 Å². The van der Waals surface area contributed by atoms with E-state index in [1.165, 1.54) is 6.07 Å². The first kappa shape index (κ1) is 13.6. The maximum atomic E-state index is 13.0. The van der Waals surface area contributed by atoms with Crippen LogP contribution >= 0.6 is 12.4 Å². The van der Waals surface area contributed by atoms with Gasteiger partial charge in [0.05, 0.1) is 4.92 Å². The van der Waals surface area contributed by atoms with Crippen molar-refractivity contribution < 1.29 is 14.1 Å². The molecule has 0 saturated carbocycles. The largest absolute Gasteiger partial charge is 0.492 e. The Morgan fingerprint density at radius 1 is 1.53 bits per heavy atom. The van der Waals surface area contributed by atoms with Gasteiger partial charge in [0, 0.05) is 18.7 Å². The Bertz CT molecular complexity index is 349. The minimum absolute atomic E-state index is 0. The molecule has 5 nitrogen and oxygen atoms in total. The molecule has 7 heteroatoms. The van der Waals surface area contributed by atoms with E-state index in [0.29, 0.717) is 6.54 Å². The van der Waals surface area contributed by atoms with E-state index in [1.54, 1.807) is 0 Å². The Kier molecular flexibility index (Phi) is 5.58. The number of nitro groups is 1. The molecule has 0 unspecified atom stereocenters. The molecule has 0 fully saturated rings. The van der Waals surface area contributed by atoms with Crippen LogP contribution in [0.3, 0.4) is 0 Å². The van der Waals surface area contributed by atoms with Gasteiger partial charge in [-0.3, -0.25) is 10.1 Å². The second kappa shape index (κ2) is 6.15. The zero-order valence-electron chi connectivity index (χ0n) is 7.68. The highest BCUT2D eigenvalue weighted by molar-refractivity contribution is 5.85. The van der Waals surface area contributed by atoms with E-state index in [2.05, 4.69) is 0 Å². The molecule has 0 amide bonds. The van der Waals surface area contributed by atoms with E-state index < -0.39 is 16.4 Å². The lowest BCUT2D eigenvalue weighted by atomic mass is 10.3. The highest BCUT2D eigenvalue weighted by Gasteiger charge is 2.13. The van der Waals surface area contributed by atoms with Crippen LogP contribution in [0.15, 0.2) is 18.2 Å². The van der Waals surface area contributed by atoms with Crippen molar-refractivity contribution in [1.29, 1.82) is 0 Å². The summed E-state index contributed by atoms with van der Waals surface area (Å²) < 4.78 is 18.0. The SMILES string of the molecule is Cl.NCCOc1ccc([N+](=O)[O-])c(F)c1. The summed E-state index contributed by atoms with van der Waals surface area (Å²) in [6.45, 7) is 0.551. The second-order valence-electron chi connectivity index (χ2n) is 2.51. The van der Waals surface area contributed by atoms with Gasteiger partial charge in [-0.15, -0.1) is 12.4 Å². The normalized spacial score (nSPS) is 9.20. The van der Waals surface area contributed by atoms with Gasteiger partial charge in [0.1, 0.15) is 12.4 Å². The van der Waals surface area contributed by atoms with Crippen molar-refractivity contribution in [2.75, 3.05) is 13.2 Å². The molecule has 0 radical (unpaired) electrons. The van der Waals surface area contributed by atoms with Gasteiger partial charge in [-0.05, 0) is 6.07 Å². The standard InChI is InChI=1S/C8H9FN2O3.ClH/c9-7-5-6(14-4-3-10)1-2-8(7)11(12)13;/h1-2,5H,3-4,10H2;1H. The molecule has 0 atom stereocenters. The van der Waals surface area contributed by atoms with Gasteiger partial charge in [0.15, 0.2) is 0 Å². The second-order valence-corrected chi connectivity index (χ2v) is 2.51. The summed E-state index contributed by atoms with van der Waals surface area (Å²) in [4.78, 5) is 9.46. The van der Waals surface area contributed by atoms with E-state index in [1.807, 2.05) is 0 Å². The fraction of sp³-hybridized carbons (Fsp3) is 0.250. The summed E-state index contributed by atoms with van der Waals surface area (Å²) in [5.41, 5.74) is 4.60. The van der Waals surface area contributed by atoms with E-state index in [4.69, 9.17) is 10.5 Å². The van der Waals surface area contributed by atoms with Crippen molar-refractivity contribution >= 4 is 18.1 Å². The zero-order valence-corrected chi connectivity index (χ0v) is 8.50. The molecule has 0 aliphatic rings. The lowest BCUT2D eigenvalue weighted by Crippen LogP contribution is -2.10. The molecule has 0 aliphatic heterocycles. The van der Waals surface area contributed by atoms with E-state index in [9.17, 15) is 14.5 Å². The van der Waals surface area contributed by atoms with Gasteiger partial charge in [0.25, 0.3) is 0 Å². The fourth-order valence-electron chi connectivity index (χ4n) is 0.902. The number of halogens is 2. The molecule has 1 aromatic carbocycles. The quantitative estimate of drug-likeness (QED) is 0.635. The Morgan fingerprint density at radius 3 is 2.67 bits per heavy atom. The third-order valence-electron chi connectivity index (χ3n) is 1.50. The van der Waals surface area contributed by atoms with Crippen LogP contribution in [0.4, 0.5) is 10.1 Å². The molecule has 0 bridgehead atoms. The number of hydrogen-bond donors (Lipinski definition) is 1. The maximum absolute atomic E-state index is 13.0. The highest BCUT2D eigenvalue weighted by Crippen LogP contribution is 2.21. The highest BCUT2D eigenvalue weighted by atomic mass is 35.5. The summed E-state index contributed by atoms with van der Waals surface area (Å²) >= 11 is 0. The number of benzene rings is 1. The van der Waals surface area contributed by atoms with Gasteiger partial charge < -0.3 is 10.5 Å². The van der Waals surface area contributed by atoms with Crippen molar-refractivity contribution in [3.05, 3.63) is 34.1 Å². The lowest BCUT2D eigenvalue weighted by molar-refractivity contribution is -0.387. The number of rotatable bonds is 4. The predicted molar refractivity (Wildman–Crippen MR) is 54.9 cm³/mol. The summed E-state index contributed by atoms with van der Waals surface area (Å²) in [6.07, 6.45) is 0. The first-order chi connectivity index (χ1) is 6.65. The van der Waals surface area contributed by atoms with E-state index in [-0.39, 0.29) is 24.8 Å². The summed E-state index contributed by atoms with van der Waals surface area (Å²) in [5.74, 6) is -0.678. The minimum Gasteiger partial charge on any atom is -0.492 e. The zero-order chi connectivity index (χ0) is 10.6. The van der Waals surface area contributed by atoms with Crippen LogP contribution in [-0.2, 0) is 0 Å². The minimum atomic E-state index is -0.912. The molecular weight excluding hydrogens is 227 g/mol. The average molecular weight is 237 g/mol. The topological polar surface area (TPSA) is 78.4 Å².